The van der Waals surface area contributed by atoms with Crippen LogP contribution in [0.2, 0.25) is 0 Å². The summed E-state index contributed by atoms with van der Waals surface area (Å²) >= 11 is 7.02. The number of nitrogens with zero attached hydrogens (tertiary/aromatic N) is 4. The van der Waals surface area contributed by atoms with E-state index in [4.69, 9.17) is 0 Å². The Hall–Kier alpha value is -1.25. The second-order valence-electron chi connectivity index (χ2n) is 4.55. The molecule has 0 fully saturated rings. The Morgan fingerprint density at radius 3 is 3.00 bits per heavy atom. The topological polar surface area (TPSA) is 55.6 Å². The summed E-state index contributed by atoms with van der Waals surface area (Å²) in [6.45, 7) is 0. The number of thiophene rings is 2. The van der Waals surface area contributed by atoms with Gasteiger partial charge in [0, 0.05) is 16.2 Å². The van der Waals surface area contributed by atoms with Crippen molar-refractivity contribution in [1.29, 1.82) is 0 Å². The lowest BCUT2D eigenvalue weighted by molar-refractivity contribution is 0.431. The van der Waals surface area contributed by atoms with Gasteiger partial charge in [0.25, 0.3) is 0 Å². The Morgan fingerprint density at radius 1 is 1.30 bits per heavy atom. The summed E-state index contributed by atoms with van der Waals surface area (Å²) in [5, 5.41) is 17.5. The molecule has 5 nitrogen and oxygen atoms in total. The molecule has 8 heteroatoms. The van der Waals surface area contributed by atoms with Gasteiger partial charge in [-0.05, 0) is 49.9 Å². The van der Waals surface area contributed by atoms with E-state index >= 15 is 0 Å². The average molecular weight is 368 g/mol. The van der Waals surface area contributed by atoms with Crippen molar-refractivity contribution in [1.82, 2.24) is 20.2 Å². The third-order valence-corrected chi connectivity index (χ3v) is 6.07. The lowest BCUT2D eigenvalue weighted by atomic mass is 10.0. The smallest absolute Gasteiger partial charge is 0.244 e. The number of nitrogens with one attached hydrogen (secondary N) is 1. The summed E-state index contributed by atoms with van der Waals surface area (Å²) < 4.78 is 3.03. The van der Waals surface area contributed by atoms with Crippen LogP contribution in [-0.4, -0.2) is 20.2 Å². The lowest BCUT2D eigenvalue weighted by Gasteiger charge is -2.29. The van der Waals surface area contributed by atoms with E-state index in [0.717, 1.165) is 16.2 Å². The zero-order chi connectivity index (χ0) is 13.5. The predicted octanol–water partition coefficient (Wildman–Crippen LogP) is 3.70. The first-order chi connectivity index (χ1) is 9.81. The van der Waals surface area contributed by atoms with Crippen molar-refractivity contribution < 1.29 is 0 Å². The van der Waals surface area contributed by atoms with E-state index < -0.39 is 0 Å². The van der Waals surface area contributed by atoms with Crippen LogP contribution in [0.4, 0.5) is 5.95 Å². The third kappa shape index (κ3) is 2.07. The second kappa shape index (κ2) is 4.94. The molecular weight excluding hydrogens is 358 g/mol. The second-order valence-corrected chi connectivity index (χ2v) is 8.03. The van der Waals surface area contributed by atoms with Gasteiger partial charge in [-0.2, -0.15) is 0 Å². The van der Waals surface area contributed by atoms with Crippen LogP contribution in [0, 0.1) is 0 Å². The SMILES string of the molecule is Brc1ccc([C@H]2C[C@H](c3cccs3)n3nnnc3N2)s1. The van der Waals surface area contributed by atoms with Crippen LogP contribution < -0.4 is 5.32 Å². The molecule has 1 aliphatic heterocycles. The number of halogens is 1. The van der Waals surface area contributed by atoms with Crippen molar-refractivity contribution in [2.75, 3.05) is 5.32 Å². The maximum atomic E-state index is 4.12. The first kappa shape index (κ1) is 12.5. The number of rotatable bonds is 2. The molecular formula is C12H10BrN5S2. The third-order valence-electron chi connectivity index (χ3n) is 3.36. The minimum Gasteiger partial charge on any atom is -0.345 e. The van der Waals surface area contributed by atoms with Gasteiger partial charge < -0.3 is 5.32 Å². The molecule has 2 atom stereocenters. The van der Waals surface area contributed by atoms with Gasteiger partial charge in [0.15, 0.2) is 0 Å². The molecule has 0 radical (unpaired) electrons. The molecule has 1 aliphatic rings. The van der Waals surface area contributed by atoms with Gasteiger partial charge in [-0.3, -0.25) is 0 Å². The predicted molar refractivity (Wildman–Crippen MR) is 83.3 cm³/mol. The minimum atomic E-state index is 0.201. The van der Waals surface area contributed by atoms with Crippen molar-refractivity contribution in [2.45, 2.75) is 18.5 Å². The van der Waals surface area contributed by atoms with Crippen LogP contribution in [0.25, 0.3) is 0 Å². The van der Waals surface area contributed by atoms with Crippen molar-refractivity contribution in [2.24, 2.45) is 0 Å². The number of fused-ring (bicyclic) bond motifs is 1. The molecule has 1 N–H and O–H groups in total. The van der Waals surface area contributed by atoms with Gasteiger partial charge in [-0.15, -0.1) is 22.7 Å². The summed E-state index contributed by atoms with van der Waals surface area (Å²) in [4.78, 5) is 2.59. The van der Waals surface area contributed by atoms with Crippen molar-refractivity contribution in [3.8, 4) is 0 Å². The zero-order valence-electron chi connectivity index (χ0n) is 10.2. The Bertz CT molecular complexity index is 720. The molecule has 0 saturated carbocycles. The highest BCUT2D eigenvalue weighted by Gasteiger charge is 2.31. The first-order valence-corrected chi connectivity index (χ1v) is 8.63. The molecule has 0 amide bonds. The van der Waals surface area contributed by atoms with Crippen LogP contribution in [0.15, 0.2) is 33.4 Å². The van der Waals surface area contributed by atoms with Gasteiger partial charge in [0.2, 0.25) is 5.95 Å². The van der Waals surface area contributed by atoms with Crippen molar-refractivity contribution >= 4 is 44.6 Å². The highest BCUT2D eigenvalue weighted by Crippen LogP contribution is 2.40. The Morgan fingerprint density at radius 2 is 2.25 bits per heavy atom. The molecule has 0 aliphatic carbocycles. The standard InChI is InChI=1S/C12H10BrN5S2/c13-11-4-3-9(20-11)7-6-8(10-2-1-5-19-10)18-12(14-7)15-16-17-18/h1-5,7-8H,6H2,(H,14,15,17)/t7-,8-/m1/s1. The molecule has 0 unspecified atom stereocenters. The number of hydrogen-bond acceptors (Lipinski definition) is 6. The monoisotopic (exact) mass is 367 g/mol. The number of aromatic nitrogens is 4. The van der Waals surface area contributed by atoms with Gasteiger partial charge in [-0.1, -0.05) is 11.2 Å². The van der Waals surface area contributed by atoms with Gasteiger partial charge in [-0.25, -0.2) is 4.68 Å². The zero-order valence-corrected chi connectivity index (χ0v) is 13.5. The summed E-state index contributed by atoms with van der Waals surface area (Å²) in [5.74, 6) is 0.740. The van der Waals surface area contributed by atoms with Crippen molar-refractivity contribution in [3.63, 3.8) is 0 Å². The summed E-state index contributed by atoms with van der Waals surface area (Å²) in [6, 6.07) is 8.90. The quantitative estimate of drug-likeness (QED) is 0.749. The van der Waals surface area contributed by atoms with E-state index in [1.165, 1.54) is 9.75 Å². The molecule has 4 rings (SSSR count). The van der Waals surface area contributed by atoms with Crippen LogP contribution in [-0.2, 0) is 0 Å². The average Bonchev–Trinajstić information content (AvgIpc) is 3.18. The molecule has 20 heavy (non-hydrogen) atoms. The van der Waals surface area contributed by atoms with E-state index in [1.54, 1.807) is 22.7 Å². The van der Waals surface area contributed by atoms with Crippen LogP contribution in [0.5, 0.6) is 0 Å². The van der Waals surface area contributed by atoms with Crippen LogP contribution in [0.1, 0.15) is 28.3 Å². The normalized spacial score (nSPS) is 21.4. The Balaban J connectivity index is 1.74. The maximum absolute atomic E-state index is 4.12. The van der Waals surface area contributed by atoms with E-state index in [9.17, 15) is 0 Å². The fourth-order valence-electron chi connectivity index (χ4n) is 2.46. The first-order valence-electron chi connectivity index (χ1n) is 6.14. The number of tetrazole rings is 1. The molecule has 3 aromatic heterocycles. The molecule has 0 aromatic carbocycles. The lowest BCUT2D eigenvalue weighted by Crippen LogP contribution is -2.27. The molecule has 3 aromatic rings. The van der Waals surface area contributed by atoms with E-state index in [-0.39, 0.29) is 12.1 Å². The summed E-state index contributed by atoms with van der Waals surface area (Å²) in [7, 11) is 0. The minimum absolute atomic E-state index is 0.201. The molecule has 102 valence electrons. The largest absolute Gasteiger partial charge is 0.345 e. The number of hydrogen-bond donors (Lipinski definition) is 1. The van der Waals surface area contributed by atoms with E-state index in [2.05, 4.69) is 66.4 Å². The molecule has 0 saturated heterocycles. The highest BCUT2D eigenvalue weighted by molar-refractivity contribution is 9.11. The maximum Gasteiger partial charge on any atom is 0.244 e. The Kier molecular flexibility index (Phi) is 3.08. The molecule has 0 bridgehead atoms. The fraction of sp³-hybridized carbons (Fsp3) is 0.250. The number of anilines is 1. The Labute approximate surface area is 131 Å². The fourth-order valence-corrected chi connectivity index (χ4v) is 4.77. The molecule has 0 spiro atoms. The molecule has 4 heterocycles. The van der Waals surface area contributed by atoms with E-state index in [1.807, 2.05) is 4.68 Å². The highest BCUT2D eigenvalue weighted by atomic mass is 79.9. The van der Waals surface area contributed by atoms with Gasteiger partial charge >= 0.3 is 0 Å². The summed E-state index contributed by atoms with van der Waals surface area (Å²) in [5.41, 5.74) is 0. The summed E-state index contributed by atoms with van der Waals surface area (Å²) in [6.07, 6.45) is 0.950. The van der Waals surface area contributed by atoms with Crippen molar-refractivity contribution in [3.05, 3.63) is 43.2 Å². The van der Waals surface area contributed by atoms with E-state index in [0.29, 0.717) is 0 Å². The van der Waals surface area contributed by atoms with Crippen LogP contribution in [0.3, 0.4) is 0 Å². The van der Waals surface area contributed by atoms with Gasteiger partial charge in [0.1, 0.15) is 0 Å². The van der Waals surface area contributed by atoms with Crippen LogP contribution >= 0.6 is 38.6 Å². The van der Waals surface area contributed by atoms with Gasteiger partial charge in [0.05, 0.1) is 15.9 Å².